The van der Waals surface area contributed by atoms with Crippen LogP contribution in [0.4, 0.5) is 11.5 Å². The SMILES string of the molecule is CC(=O)c1cccc(NCc2nccc(N)n2)c1. The molecule has 0 saturated carbocycles. The van der Waals surface area contributed by atoms with Gasteiger partial charge in [0, 0.05) is 17.4 Å². The van der Waals surface area contributed by atoms with Gasteiger partial charge in [0.25, 0.3) is 0 Å². The molecule has 1 aromatic carbocycles. The van der Waals surface area contributed by atoms with Gasteiger partial charge in [0.2, 0.25) is 0 Å². The lowest BCUT2D eigenvalue weighted by Gasteiger charge is -2.06. The third-order valence-corrected chi connectivity index (χ3v) is 2.45. The van der Waals surface area contributed by atoms with Crippen molar-refractivity contribution in [2.45, 2.75) is 13.5 Å². The zero-order valence-corrected chi connectivity index (χ0v) is 10.1. The van der Waals surface area contributed by atoms with E-state index in [2.05, 4.69) is 15.3 Å². The molecule has 92 valence electrons. The Morgan fingerprint density at radius 2 is 2.22 bits per heavy atom. The van der Waals surface area contributed by atoms with Crippen LogP contribution in [-0.4, -0.2) is 15.8 Å². The van der Waals surface area contributed by atoms with Crippen molar-refractivity contribution in [3.63, 3.8) is 0 Å². The second-order valence-electron chi connectivity index (χ2n) is 3.89. The van der Waals surface area contributed by atoms with Crippen LogP contribution in [0.15, 0.2) is 36.5 Å². The zero-order valence-electron chi connectivity index (χ0n) is 10.1. The van der Waals surface area contributed by atoms with Crippen LogP contribution in [0.2, 0.25) is 0 Å². The number of rotatable bonds is 4. The van der Waals surface area contributed by atoms with E-state index in [-0.39, 0.29) is 5.78 Å². The molecule has 0 unspecified atom stereocenters. The molecular formula is C13H14N4O. The van der Waals surface area contributed by atoms with Gasteiger partial charge in [-0.1, -0.05) is 12.1 Å². The van der Waals surface area contributed by atoms with Crippen molar-refractivity contribution in [3.8, 4) is 0 Å². The van der Waals surface area contributed by atoms with Gasteiger partial charge in [0.05, 0.1) is 6.54 Å². The maximum atomic E-state index is 11.2. The summed E-state index contributed by atoms with van der Waals surface area (Å²) in [4.78, 5) is 19.4. The summed E-state index contributed by atoms with van der Waals surface area (Å²) < 4.78 is 0. The van der Waals surface area contributed by atoms with Crippen LogP contribution in [0.1, 0.15) is 23.1 Å². The lowest BCUT2D eigenvalue weighted by molar-refractivity contribution is 0.101. The van der Waals surface area contributed by atoms with E-state index < -0.39 is 0 Å². The van der Waals surface area contributed by atoms with E-state index in [1.54, 1.807) is 31.3 Å². The number of hydrogen-bond acceptors (Lipinski definition) is 5. The van der Waals surface area contributed by atoms with Gasteiger partial charge in [0.15, 0.2) is 5.78 Å². The molecule has 18 heavy (non-hydrogen) atoms. The normalized spacial score (nSPS) is 10.1. The van der Waals surface area contributed by atoms with E-state index in [1.807, 2.05) is 12.1 Å². The average Bonchev–Trinajstić information content (AvgIpc) is 2.37. The minimum absolute atomic E-state index is 0.0406. The minimum Gasteiger partial charge on any atom is -0.384 e. The van der Waals surface area contributed by atoms with Gasteiger partial charge in [0.1, 0.15) is 11.6 Å². The fourth-order valence-electron chi connectivity index (χ4n) is 1.53. The number of nitrogens with zero attached hydrogens (tertiary/aromatic N) is 2. The highest BCUT2D eigenvalue weighted by Gasteiger charge is 2.01. The first-order valence-corrected chi connectivity index (χ1v) is 5.57. The van der Waals surface area contributed by atoms with Gasteiger partial charge in [-0.2, -0.15) is 0 Å². The maximum Gasteiger partial charge on any atom is 0.159 e. The molecule has 0 aliphatic heterocycles. The van der Waals surface area contributed by atoms with Gasteiger partial charge in [-0.25, -0.2) is 9.97 Å². The molecule has 2 rings (SSSR count). The highest BCUT2D eigenvalue weighted by atomic mass is 16.1. The first-order valence-electron chi connectivity index (χ1n) is 5.57. The Morgan fingerprint density at radius 1 is 1.39 bits per heavy atom. The Kier molecular flexibility index (Phi) is 3.52. The Hall–Kier alpha value is -2.43. The molecule has 5 heteroatoms. The van der Waals surface area contributed by atoms with Crippen LogP contribution in [0, 0.1) is 0 Å². The number of carbonyl (C=O) groups is 1. The molecule has 0 aliphatic carbocycles. The lowest BCUT2D eigenvalue weighted by Crippen LogP contribution is -2.06. The van der Waals surface area contributed by atoms with Crippen LogP contribution < -0.4 is 11.1 Å². The molecule has 0 fully saturated rings. The summed E-state index contributed by atoms with van der Waals surface area (Å²) >= 11 is 0. The van der Waals surface area contributed by atoms with Crippen LogP contribution in [0.5, 0.6) is 0 Å². The predicted octanol–water partition coefficient (Wildman–Crippen LogP) is 1.87. The molecule has 0 amide bonds. The topological polar surface area (TPSA) is 80.9 Å². The molecule has 0 bridgehead atoms. The second-order valence-corrected chi connectivity index (χ2v) is 3.89. The Bertz CT molecular complexity index is 568. The first-order chi connectivity index (χ1) is 8.65. The first kappa shape index (κ1) is 12.0. The molecule has 3 N–H and O–H groups in total. The number of nitrogens with two attached hydrogens (primary N) is 1. The largest absolute Gasteiger partial charge is 0.384 e. The van der Waals surface area contributed by atoms with E-state index in [0.29, 0.717) is 23.8 Å². The van der Waals surface area contributed by atoms with Crippen molar-refractivity contribution < 1.29 is 4.79 Å². The smallest absolute Gasteiger partial charge is 0.159 e. The fourth-order valence-corrected chi connectivity index (χ4v) is 1.53. The van der Waals surface area contributed by atoms with Crippen molar-refractivity contribution >= 4 is 17.3 Å². The molecule has 5 nitrogen and oxygen atoms in total. The minimum atomic E-state index is 0.0406. The average molecular weight is 242 g/mol. The van der Waals surface area contributed by atoms with Gasteiger partial charge >= 0.3 is 0 Å². The lowest BCUT2D eigenvalue weighted by atomic mass is 10.1. The highest BCUT2D eigenvalue weighted by Crippen LogP contribution is 2.12. The molecule has 0 saturated heterocycles. The Labute approximate surface area is 105 Å². The third-order valence-electron chi connectivity index (χ3n) is 2.45. The van der Waals surface area contributed by atoms with Crippen molar-refractivity contribution in [1.29, 1.82) is 0 Å². The van der Waals surface area contributed by atoms with Crippen LogP contribution in [-0.2, 0) is 6.54 Å². The Morgan fingerprint density at radius 3 is 2.94 bits per heavy atom. The number of hydrogen-bond donors (Lipinski definition) is 2. The zero-order chi connectivity index (χ0) is 13.0. The maximum absolute atomic E-state index is 11.2. The molecule has 2 aromatic rings. The van der Waals surface area contributed by atoms with E-state index in [4.69, 9.17) is 5.73 Å². The fraction of sp³-hybridized carbons (Fsp3) is 0.154. The molecule has 0 spiro atoms. The van der Waals surface area contributed by atoms with Crippen molar-refractivity contribution in [2.75, 3.05) is 11.1 Å². The number of benzene rings is 1. The number of nitrogen functional groups attached to an aromatic ring is 1. The molecule has 1 aromatic heterocycles. The number of anilines is 2. The van der Waals surface area contributed by atoms with E-state index >= 15 is 0 Å². The monoisotopic (exact) mass is 242 g/mol. The van der Waals surface area contributed by atoms with Crippen LogP contribution in [0.25, 0.3) is 0 Å². The summed E-state index contributed by atoms with van der Waals surface area (Å²) in [6.45, 7) is 2.01. The van der Waals surface area contributed by atoms with Gasteiger partial charge in [-0.15, -0.1) is 0 Å². The highest BCUT2D eigenvalue weighted by molar-refractivity contribution is 5.94. The summed E-state index contributed by atoms with van der Waals surface area (Å²) in [7, 11) is 0. The number of nitrogens with one attached hydrogen (secondary N) is 1. The number of aromatic nitrogens is 2. The summed E-state index contributed by atoms with van der Waals surface area (Å²) in [6, 6.07) is 8.94. The van der Waals surface area contributed by atoms with Crippen LogP contribution in [0.3, 0.4) is 0 Å². The summed E-state index contributed by atoms with van der Waals surface area (Å²) in [5, 5.41) is 3.15. The summed E-state index contributed by atoms with van der Waals surface area (Å²) in [6.07, 6.45) is 1.62. The van der Waals surface area contributed by atoms with E-state index in [0.717, 1.165) is 5.69 Å². The van der Waals surface area contributed by atoms with E-state index in [1.165, 1.54) is 0 Å². The number of ketones is 1. The van der Waals surface area contributed by atoms with Crippen molar-refractivity contribution in [2.24, 2.45) is 0 Å². The third kappa shape index (κ3) is 3.04. The molecule has 1 heterocycles. The number of Topliss-reactive ketones (excluding diaryl/α,β-unsaturated/α-hetero) is 1. The van der Waals surface area contributed by atoms with Gasteiger partial charge < -0.3 is 11.1 Å². The number of carbonyl (C=O) groups excluding carboxylic acids is 1. The molecule has 0 aliphatic rings. The van der Waals surface area contributed by atoms with Gasteiger partial charge in [-0.3, -0.25) is 4.79 Å². The van der Waals surface area contributed by atoms with E-state index in [9.17, 15) is 4.79 Å². The molecular weight excluding hydrogens is 228 g/mol. The summed E-state index contributed by atoms with van der Waals surface area (Å²) in [5.74, 6) is 1.10. The van der Waals surface area contributed by atoms with Crippen molar-refractivity contribution in [1.82, 2.24) is 9.97 Å². The predicted molar refractivity (Wildman–Crippen MR) is 70.2 cm³/mol. The quantitative estimate of drug-likeness (QED) is 0.800. The van der Waals surface area contributed by atoms with Crippen LogP contribution >= 0.6 is 0 Å². The Balaban J connectivity index is 2.06. The van der Waals surface area contributed by atoms with Gasteiger partial charge in [-0.05, 0) is 25.1 Å². The second kappa shape index (κ2) is 5.27. The summed E-state index contributed by atoms with van der Waals surface area (Å²) in [5.41, 5.74) is 7.10. The molecule has 0 atom stereocenters. The standard InChI is InChI=1S/C13H14N4O/c1-9(18)10-3-2-4-11(7-10)16-8-13-15-6-5-12(14)17-13/h2-7,16H,8H2,1H3,(H2,14,15,17). The van der Waals surface area contributed by atoms with Crippen molar-refractivity contribution in [3.05, 3.63) is 47.9 Å². The molecule has 0 radical (unpaired) electrons.